The number of hydrogen-bond donors (Lipinski definition) is 1. The Morgan fingerprint density at radius 2 is 1.82 bits per heavy atom. The molecule has 0 saturated carbocycles. The van der Waals surface area contributed by atoms with Gasteiger partial charge in [0.15, 0.2) is 6.61 Å². The number of carbonyl (C=O) groups is 2. The molecule has 0 heterocycles. The van der Waals surface area contributed by atoms with Crippen LogP contribution in [0.2, 0.25) is 0 Å². The number of rotatable bonds is 7. The van der Waals surface area contributed by atoms with Gasteiger partial charge in [-0.25, -0.2) is 17.5 Å². The third-order valence-corrected chi connectivity index (χ3v) is 5.51. The number of amides is 1. The largest absolute Gasteiger partial charge is 0.452 e. The van der Waals surface area contributed by atoms with Crippen LogP contribution in [0.1, 0.15) is 11.1 Å². The molecule has 1 N–H and O–H groups in total. The van der Waals surface area contributed by atoms with Crippen LogP contribution in [0.15, 0.2) is 59.5 Å². The summed E-state index contributed by atoms with van der Waals surface area (Å²) in [6.45, 7) is 1.46. The molecule has 0 atom stereocenters. The first-order chi connectivity index (χ1) is 13.2. The SMILES string of the molecule is Cc1cccc(/C=C/C(=O)OCC(=O)Nc2cccc(S(=O)(=O)N(C)C)c2)c1. The Morgan fingerprint density at radius 1 is 1.11 bits per heavy atom. The maximum absolute atomic E-state index is 12.1. The molecule has 8 heteroatoms. The minimum Gasteiger partial charge on any atom is -0.452 e. The van der Waals surface area contributed by atoms with E-state index < -0.39 is 28.5 Å². The fourth-order valence-electron chi connectivity index (χ4n) is 2.27. The van der Waals surface area contributed by atoms with Crippen LogP contribution in [0.3, 0.4) is 0 Å². The van der Waals surface area contributed by atoms with E-state index in [9.17, 15) is 18.0 Å². The van der Waals surface area contributed by atoms with E-state index in [1.54, 1.807) is 12.1 Å². The fraction of sp³-hybridized carbons (Fsp3) is 0.200. The summed E-state index contributed by atoms with van der Waals surface area (Å²) in [5.74, 6) is -1.22. The number of carbonyl (C=O) groups excluding carboxylic acids is 2. The van der Waals surface area contributed by atoms with Gasteiger partial charge in [-0.2, -0.15) is 0 Å². The summed E-state index contributed by atoms with van der Waals surface area (Å²) < 4.78 is 30.2. The Kier molecular flexibility index (Phi) is 7.08. The number of hydrogen-bond acceptors (Lipinski definition) is 5. The molecule has 28 heavy (non-hydrogen) atoms. The van der Waals surface area contributed by atoms with E-state index in [-0.39, 0.29) is 4.90 Å². The molecule has 1 amide bonds. The topological polar surface area (TPSA) is 92.8 Å². The van der Waals surface area contributed by atoms with Gasteiger partial charge >= 0.3 is 5.97 Å². The second-order valence-corrected chi connectivity index (χ2v) is 8.37. The van der Waals surface area contributed by atoms with Crippen LogP contribution in [0.5, 0.6) is 0 Å². The van der Waals surface area contributed by atoms with Crippen LogP contribution < -0.4 is 5.32 Å². The highest BCUT2D eigenvalue weighted by Gasteiger charge is 2.17. The van der Waals surface area contributed by atoms with Gasteiger partial charge in [-0.05, 0) is 36.8 Å². The van der Waals surface area contributed by atoms with Gasteiger partial charge in [-0.1, -0.05) is 35.9 Å². The quantitative estimate of drug-likeness (QED) is 0.567. The first kappa shape index (κ1) is 21.3. The summed E-state index contributed by atoms with van der Waals surface area (Å²) in [4.78, 5) is 23.8. The number of aryl methyl sites for hydroxylation is 1. The van der Waals surface area contributed by atoms with Crippen molar-refractivity contribution in [3.8, 4) is 0 Å². The zero-order valence-corrected chi connectivity index (χ0v) is 16.7. The summed E-state index contributed by atoms with van der Waals surface area (Å²) in [7, 11) is -0.768. The molecule has 148 valence electrons. The lowest BCUT2D eigenvalue weighted by Crippen LogP contribution is -2.23. The van der Waals surface area contributed by atoms with Crippen molar-refractivity contribution >= 4 is 33.7 Å². The van der Waals surface area contributed by atoms with E-state index in [2.05, 4.69) is 5.32 Å². The van der Waals surface area contributed by atoms with E-state index in [1.165, 1.54) is 38.4 Å². The summed E-state index contributed by atoms with van der Waals surface area (Å²) in [6, 6.07) is 13.4. The van der Waals surface area contributed by atoms with E-state index in [0.717, 1.165) is 15.4 Å². The highest BCUT2D eigenvalue weighted by molar-refractivity contribution is 7.89. The number of sulfonamides is 1. The van der Waals surface area contributed by atoms with Gasteiger partial charge < -0.3 is 10.1 Å². The normalized spacial score (nSPS) is 11.6. The van der Waals surface area contributed by atoms with Crippen LogP contribution in [0.25, 0.3) is 6.08 Å². The molecule has 0 fully saturated rings. The summed E-state index contributed by atoms with van der Waals surface area (Å²) in [5, 5.41) is 2.51. The van der Waals surface area contributed by atoms with Crippen LogP contribution in [0, 0.1) is 6.92 Å². The van der Waals surface area contributed by atoms with Gasteiger partial charge in [-0.15, -0.1) is 0 Å². The highest BCUT2D eigenvalue weighted by atomic mass is 32.2. The maximum atomic E-state index is 12.1. The molecule has 0 spiro atoms. The average molecular weight is 402 g/mol. The van der Waals surface area contributed by atoms with Crippen molar-refractivity contribution in [2.75, 3.05) is 26.0 Å². The minimum atomic E-state index is -3.61. The summed E-state index contributed by atoms with van der Waals surface area (Å²) in [6.07, 6.45) is 2.84. The number of benzene rings is 2. The van der Waals surface area contributed by atoms with E-state index >= 15 is 0 Å². The molecule has 2 aromatic carbocycles. The van der Waals surface area contributed by atoms with Crippen LogP contribution >= 0.6 is 0 Å². The van der Waals surface area contributed by atoms with E-state index in [1.807, 2.05) is 31.2 Å². The van der Waals surface area contributed by atoms with Crippen molar-refractivity contribution in [2.45, 2.75) is 11.8 Å². The molecule has 2 aromatic rings. The molecule has 0 aromatic heterocycles. The van der Waals surface area contributed by atoms with Gasteiger partial charge in [0, 0.05) is 25.9 Å². The predicted molar refractivity (Wildman–Crippen MR) is 107 cm³/mol. The Bertz CT molecular complexity index is 997. The third-order valence-electron chi connectivity index (χ3n) is 3.70. The van der Waals surface area contributed by atoms with Crippen LogP contribution in [0.4, 0.5) is 5.69 Å². The Balaban J connectivity index is 1.91. The number of nitrogens with one attached hydrogen (secondary N) is 1. The lowest BCUT2D eigenvalue weighted by Gasteiger charge is -2.12. The summed E-state index contributed by atoms with van der Waals surface area (Å²) >= 11 is 0. The molecule has 0 radical (unpaired) electrons. The van der Waals surface area contributed by atoms with Crippen molar-refractivity contribution in [3.05, 3.63) is 65.7 Å². The molecule has 7 nitrogen and oxygen atoms in total. The Morgan fingerprint density at radius 3 is 2.50 bits per heavy atom. The minimum absolute atomic E-state index is 0.0494. The smallest absolute Gasteiger partial charge is 0.331 e. The van der Waals surface area contributed by atoms with E-state index in [0.29, 0.717) is 5.69 Å². The zero-order valence-electron chi connectivity index (χ0n) is 15.9. The molecule has 0 unspecified atom stereocenters. The van der Waals surface area contributed by atoms with Gasteiger partial charge in [0.2, 0.25) is 10.0 Å². The molecule has 0 saturated heterocycles. The molecule has 0 aliphatic carbocycles. The fourth-order valence-corrected chi connectivity index (χ4v) is 3.21. The Hall–Kier alpha value is -2.97. The second-order valence-electron chi connectivity index (χ2n) is 6.22. The maximum Gasteiger partial charge on any atom is 0.331 e. The van der Waals surface area contributed by atoms with Gasteiger partial charge in [0.05, 0.1) is 4.90 Å². The molecule has 0 aliphatic rings. The Labute approximate surface area is 164 Å². The van der Waals surface area contributed by atoms with Crippen LogP contribution in [-0.4, -0.2) is 45.3 Å². The number of nitrogens with zero attached hydrogens (tertiary/aromatic N) is 1. The second kappa shape index (κ2) is 9.29. The van der Waals surface area contributed by atoms with Crippen molar-refractivity contribution in [2.24, 2.45) is 0 Å². The molecular formula is C20H22N2O5S. The predicted octanol–water partition coefficient (Wildman–Crippen LogP) is 2.44. The number of anilines is 1. The van der Waals surface area contributed by atoms with Crippen LogP contribution in [-0.2, 0) is 24.3 Å². The highest BCUT2D eigenvalue weighted by Crippen LogP contribution is 2.17. The molecule has 0 bridgehead atoms. The first-order valence-corrected chi connectivity index (χ1v) is 9.86. The zero-order chi connectivity index (χ0) is 20.7. The summed E-state index contributed by atoms with van der Waals surface area (Å²) in [5.41, 5.74) is 2.20. The van der Waals surface area contributed by atoms with Gasteiger partial charge in [0.1, 0.15) is 0 Å². The van der Waals surface area contributed by atoms with Crippen molar-refractivity contribution in [3.63, 3.8) is 0 Å². The molecule has 0 aliphatic heterocycles. The lowest BCUT2D eigenvalue weighted by molar-refractivity contribution is -0.142. The molecular weight excluding hydrogens is 380 g/mol. The lowest BCUT2D eigenvalue weighted by atomic mass is 10.1. The van der Waals surface area contributed by atoms with Gasteiger partial charge in [-0.3, -0.25) is 4.79 Å². The van der Waals surface area contributed by atoms with Crippen molar-refractivity contribution in [1.29, 1.82) is 0 Å². The first-order valence-electron chi connectivity index (χ1n) is 8.42. The number of esters is 1. The third kappa shape index (κ3) is 6.04. The monoisotopic (exact) mass is 402 g/mol. The number of ether oxygens (including phenoxy) is 1. The van der Waals surface area contributed by atoms with Crippen molar-refractivity contribution < 1.29 is 22.7 Å². The average Bonchev–Trinajstić information content (AvgIpc) is 2.65. The van der Waals surface area contributed by atoms with Gasteiger partial charge in [0.25, 0.3) is 5.91 Å². The van der Waals surface area contributed by atoms with Crippen molar-refractivity contribution in [1.82, 2.24) is 4.31 Å². The molecule has 2 rings (SSSR count). The van der Waals surface area contributed by atoms with E-state index in [4.69, 9.17) is 4.74 Å². The standard InChI is InChI=1S/C20H22N2O5S/c1-15-6-4-7-16(12-15)10-11-20(24)27-14-19(23)21-17-8-5-9-18(13-17)28(25,26)22(2)3/h4-13H,14H2,1-3H3,(H,21,23)/b11-10+.